The molecule has 0 aliphatic carbocycles. The van der Waals surface area contributed by atoms with Crippen molar-refractivity contribution in [2.24, 2.45) is 5.84 Å². The minimum Gasteiger partial charge on any atom is -0.493 e. The highest BCUT2D eigenvalue weighted by atomic mass is 35.5. The number of hydrazine groups is 1. The Morgan fingerprint density at radius 3 is 2.79 bits per heavy atom. The fourth-order valence-electron chi connectivity index (χ4n) is 1.97. The van der Waals surface area contributed by atoms with Crippen LogP contribution in [-0.4, -0.2) is 21.9 Å². The molecule has 102 valence electrons. The number of hydrogen-bond donors (Lipinski definition) is 2. The lowest BCUT2D eigenvalue weighted by atomic mass is 10.1. The van der Waals surface area contributed by atoms with Crippen molar-refractivity contribution in [3.05, 3.63) is 40.9 Å². The quantitative estimate of drug-likeness (QED) is 0.493. The van der Waals surface area contributed by atoms with Crippen LogP contribution in [0.25, 0.3) is 0 Å². The van der Waals surface area contributed by atoms with Crippen molar-refractivity contribution < 1.29 is 4.74 Å². The third kappa shape index (κ3) is 2.70. The lowest BCUT2D eigenvalue weighted by Crippen LogP contribution is -2.31. The molecule has 0 aliphatic rings. The molecule has 0 bridgehead atoms. The molecule has 1 unspecified atom stereocenters. The second-order valence-corrected chi connectivity index (χ2v) is 4.32. The van der Waals surface area contributed by atoms with E-state index in [1.54, 1.807) is 25.6 Å². The molecule has 2 rings (SSSR count). The van der Waals surface area contributed by atoms with Crippen LogP contribution in [0.4, 0.5) is 0 Å². The summed E-state index contributed by atoms with van der Waals surface area (Å²) in [5, 5.41) is 4.71. The van der Waals surface area contributed by atoms with Crippen molar-refractivity contribution in [1.82, 2.24) is 20.2 Å². The van der Waals surface area contributed by atoms with E-state index in [4.69, 9.17) is 22.2 Å². The summed E-state index contributed by atoms with van der Waals surface area (Å²) in [7, 11) is 1.61. The Morgan fingerprint density at radius 1 is 1.47 bits per heavy atom. The first-order chi connectivity index (χ1) is 9.21. The maximum absolute atomic E-state index is 5.80. The monoisotopic (exact) mass is 281 g/mol. The number of pyridine rings is 1. The van der Waals surface area contributed by atoms with Gasteiger partial charge in [0.25, 0.3) is 0 Å². The van der Waals surface area contributed by atoms with Gasteiger partial charge in [-0.25, -0.2) is 10.4 Å². The number of nitrogens with one attached hydrogen (secondary N) is 1. The van der Waals surface area contributed by atoms with Crippen molar-refractivity contribution in [1.29, 1.82) is 0 Å². The molecule has 19 heavy (non-hydrogen) atoms. The molecule has 0 spiro atoms. The van der Waals surface area contributed by atoms with Gasteiger partial charge in [-0.2, -0.15) is 5.10 Å². The number of aromatic nitrogens is 3. The van der Waals surface area contributed by atoms with Crippen LogP contribution in [0, 0.1) is 0 Å². The molecular formula is C12H16ClN5O. The van der Waals surface area contributed by atoms with Gasteiger partial charge in [0.05, 0.1) is 19.3 Å². The van der Waals surface area contributed by atoms with Gasteiger partial charge < -0.3 is 4.74 Å². The Hall–Kier alpha value is -1.63. The minimum atomic E-state index is -0.262. The average molecular weight is 282 g/mol. The van der Waals surface area contributed by atoms with Crippen molar-refractivity contribution in [3.8, 4) is 5.75 Å². The van der Waals surface area contributed by atoms with E-state index in [1.165, 1.54) is 0 Å². The van der Waals surface area contributed by atoms with Crippen molar-refractivity contribution in [3.63, 3.8) is 0 Å². The molecule has 2 aromatic rings. The molecular weight excluding hydrogens is 266 g/mol. The average Bonchev–Trinajstić information content (AvgIpc) is 2.85. The molecule has 0 aliphatic heterocycles. The number of rotatable bonds is 5. The first-order valence-electron chi connectivity index (χ1n) is 5.88. The molecule has 0 fully saturated rings. The first-order valence-corrected chi connectivity index (χ1v) is 6.26. The van der Waals surface area contributed by atoms with Crippen molar-refractivity contribution in [2.45, 2.75) is 19.5 Å². The molecule has 1 atom stereocenters. The van der Waals surface area contributed by atoms with Gasteiger partial charge in [0.1, 0.15) is 10.8 Å². The number of aryl methyl sites for hydroxylation is 1. The van der Waals surface area contributed by atoms with Gasteiger partial charge in [0, 0.05) is 12.7 Å². The summed E-state index contributed by atoms with van der Waals surface area (Å²) in [5.41, 5.74) is 4.51. The highest BCUT2D eigenvalue weighted by Crippen LogP contribution is 2.29. The van der Waals surface area contributed by atoms with Gasteiger partial charge in [0.2, 0.25) is 0 Å². The molecule has 3 N–H and O–H groups in total. The van der Waals surface area contributed by atoms with Gasteiger partial charge >= 0.3 is 0 Å². The van der Waals surface area contributed by atoms with E-state index in [-0.39, 0.29) is 6.04 Å². The highest BCUT2D eigenvalue weighted by molar-refractivity contribution is 6.29. The number of halogens is 1. The fraction of sp³-hybridized carbons (Fsp3) is 0.333. The summed E-state index contributed by atoms with van der Waals surface area (Å²) < 4.78 is 7.16. The van der Waals surface area contributed by atoms with Crippen molar-refractivity contribution >= 4 is 11.6 Å². The van der Waals surface area contributed by atoms with Crippen LogP contribution in [0.5, 0.6) is 5.75 Å². The summed E-state index contributed by atoms with van der Waals surface area (Å²) in [5.74, 6) is 6.35. The van der Waals surface area contributed by atoms with Crippen LogP contribution in [0.1, 0.15) is 24.2 Å². The molecule has 2 heterocycles. The van der Waals surface area contributed by atoms with E-state index < -0.39 is 0 Å². The summed E-state index contributed by atoms with van der Waals surface area (Å²) in [6.45, 7) is 2.72. The van der Waals surface area contributed by atoms with Crippen molar-refractivity contribution in [2.75, 3.05) is 7.11 Å². The number of ether oxygens (including phenoxy) is 1. The minimum absolute atomic E-state index is 0.262. The smallest absolute Gasteiger partial charge is 0.161 e. The van der Waals surface area contributed by atoms with Crippen LogP contribution in [-0.2, 0) is 6.54 Å². The van der Waals surface area contributed by atoms with E-state index >= 15 is 0 Å². The molecule has 0 amide bonds. The van der Waals surface area contributed by atoms with Gasteiger partial charge in [-0.1, -0.05) is 17.7 Å². The zero-order valence-electron chi connectivity index (χ0n) is 10.8. The second-order valence-electron chi connectivity index (χ2n) is 3.93. The molecule has 0 radical (unpaired) electrons. The Labute approximate surface area is 116 Å². The lowest BCUT2D eigenvalue weighted by Gasteiger charge is -2.18. The third-order valence-corrected chi connectivity index (χ3v) is 3.11. The largest absolute Gasteiger partial charge is 0.493 e. The summed E-state index contributed by atoms with van der Waals surface area (Å²) in [4.78, 5) is 4.07. The molecule has 0 saturated heterocycles. The predicted octanol–water partition coefficient (Wildman–Crippen LogP) is 1.51. The predicted molar refractivity (Wildman–Crippen MR) is 72.9 cm³/mol. The maximum Gasteiger partial charge on any atom is 0.161 e. The lowest BCUT2D eigenvalue weighted by molar-refractivity contribution is 0.399. The highest BCUT2D eigenvalue weighted by Gasteiger charge is 2.22. The molecule has 6 nitrogen and oxygen atoms in total. The number of nitrogens with zero attached hydrogens (tertiary/aromatic N) is 3. The van der Waals surface area contributed by atoms with Crippen LogP contribution >= 0.6 is 11.6 Å². The molecule has 2 aromatic heterocycles. The van der Waals surface area contributed by atoms with Crippen LogP contribution in [0.15, 0.2) is 24.5 Å². The summed E-state index contributed by atoms with van der Waals surface area (Å²) >= 11 is 5.80. The zero-order chi connectivity index (χ0) is 13.8. The zero-order valence-corrected chi connectivity index (χ0v) is 11.6. The van der Waals surface area contributed by atoms with E-state index in [0.717, 1.165) is 17.8 Å². The summed E-state index contributed by atoms with van der Waals surface area (Å²) in [6, 6.07) is 3.33. The first kappa shape index (κ1) is 13.8. The Morgan fingerprint density at radius 2 is 2.26 bits per heavy atom. The van der Waals surface area contributed by atoms with E-state index in [0.29, 0.717) is 10.9 Å². The maximum atomic E-state index is 5.80. The third-order valence-electron chi connectivity index (χ3n) is 2.89. The summed E-state index contributed by atoms with van der Waals surface area (Å²) in [6.07, 6.45) is 3.35. The van der Waals surface area contributed by atoms with E-state index in [9.17, 15) is 0 Å². The molecule has 0 aromatic carbocycles. The van der Waals surface area contributed by atoms with E-state index in [2.05, 4.69) is 15.5 Å². The standard InChI is InChI=1S/C12H16ClN5O/c1-3-18-12(9(19-2)7-16-18)11(17-14)8-4-5-10(13)15-6-8/h4-7,11,17H,3,14H2,1-2H3. The fourth-order valence-corrected chi connectivity index (χ4v) is 2.08. The van der Waals surface area contributed by atoms with Gasteiger partial charge in [0.15, 0.2) is 5.75 Å². The number of methoxy groups -OCH3 is 1. The molecule has 7 heteroatoms. The van der Waals surface area contributed by atoms with Gasteiger partial charge in [-0.3, -0.25) is 10.5 Å². The van der Waals surface area contributed by atoms with Gasteiger partial charge in [-0.05, 0) is 18.6 Å². The Balaban J connectivity index is 2.46. The van der Waals surface area contributed by atoms with E-state index in [1.807, 2.05) is 17.7 Å². The van der Waals surface area contributed by atoms with Gasteiger partial charge in [-0.15, -0.1) is 0 Å². The number of hydrogen-bond acceptors (Lipinski definition) is 5. The Kier molecular flexibility index (Phi) is 4.36. The van der Waals surface area contributed by atoms with Crippen LogP contribution in [0.2, 0.25) is 5.15 Å². The van der Waals surface area contributed by atoms with Crippen LogP contribution < -0.4 is 16.0 Å². The SMILES string of the molecule is CCn1ncc(OC)c1C(NN)c1ccc(Cl)nc1. The van der Waals surface area contributed by atoms with Crippen LogP contribution in [0.3, 0.4) is 0 Å². The second kappa shape index (κ2) is 6.01. The normalized spacial score (nSPS) is 12.4. The number of nitrogens with two attached hydrogens (primary N) is 1. The Bertz CT molecular complexity index is 518. The molecule has 0 saturated carbocycles. The topological polar surface area (TPSA) is 78.0 Å².